The molecule has 0 bridgehead atoms. The van der Waals surface area contributed by atoms with E-state index in [-0.39, 0.29) is 12.0 Å². The van der Waals surface area contributed by atoms with E-state index in [1.165, 1.54) is 77.0 Å². The Morgan fingerprint density at radius 2 is 0.947 bits per heavy atom. The van der Waals surface area contributed by atoms with Gasteiger partial charge in [0.25, 0.3) is 0 Å². The second kappa shape index (κ2) is 12.6. The first-order valence-electron chi connectivity index (χ1n) is 19.7. The highest BCUT2D eigenvalue weighted by molar-refractivity contribution is 6.24. The quantitative estimate of drug-likeness (QED) is 0.170. The standard InChI is InChI=1S/C54H36N2O/c1-3-11-35(12-4-1)37-19-24-41(25-20-37)55(42-26-21-38(22-27-42)36-13-5-2-6-14-36)43-28-30-47-46-29-23-39(33-52(46)57-53(47)34-43)40-31-48-44-15-7-9-17-50(44)56-51-18-10-8-16-45(51)49(32-40)54(48)56/h1-34,47,53H. The number of hydrogen-bond acceptors (Lipinski definition) is 2. The Labute approximate surface area is 331 Å². The minimum absolute atomic E-state index is 0.116. The molecule has 10 aromatic rings. The maximum atomic E-state index is 6.89. The highest BCUT2D eigenvalue weighted by Crippen LogP contribution is 2.47. The molecule has 12 rings (SSSR count). The Morgan fingerprint density at radius 3 is 1.53 bits per heavy atom. The predicted molar refractivity (Wildman–Crippen MR) is 237 cm³/mol. The summed E-state index contributed by atoms with van der Waals surface area (Å²) in [6, 6.07) is 68.0. The van der Waals surface area contributed by atoms with E-state index in [0.717, 1.165) is 22.8 Å². The highest BCUT2D eigenvalue weighted by atomic mass is 16.5. The molecular weight excluding hydrogens is 693 g/mol. The van der Waals surface area contributed by atoms with Crippen molar-refractivity contribution < 1.29 is 4.74 Å². The first kappa shape index (κ1) is 31.9. The minimum Gasteiger partial charge on any atom is -0.485 e. The van der Waals surface area contributed by atoms with Crippen molar-refractivity contribution in [1.82, 2.24) is 4.40 Å². The summed E-state index contributed by atoms with van der Waals surface area (Å²) in [5, 5.41) is 5.14. The van der Waals surface area contributed by atoms with E-state index in [9.17, 15) is 0 Å². The van der Waals surface area contributed by atoms with Crippen LogP contribution in [0, 0.1) is 0 Å². The van der Waals surface area contributed by atoms with Gasteiger partial charge in [-0.1, -0.05) is 140 Å². The Balaban J connectivity index is 0.914. The molecule has 0 fully saturated rings. The molecular formula is C54H36N2O. The van der Waals surface area contributed by atoms with Crippen LogP contribution in [0.5, 0.6) is 5.75 Å². The molecule has 1 aliphatic carbocycles. The van der Waals surface area contributed by atoms with Gasteiger partial charge in [0.2, 0.25) is 0 Å². The van der Waals surface area contributed by atoms with Crippen LogP contribution in [-0.2, 0) is 0 Å². The molecule has 2 atom stereocenters. The van der Waals surface area contributed by atoms with Crippen LogP contribution in [0.1, 0.15) is 11.5 Å². The maximum Gasteiger partial charge on any atom is 0.130 e. The molecule has 2 aromatic heterocycles. The van der Waals surface area contributed by atoms with Gasteiger partial charge in [0, 0.05) is 50.1 Å². The van der Waals surface area contributed by atoms with Crippen LogP contribution in [0.4, 0.5) is 11.4 Å². The summed E-state index contributed by atoms with van der Waals surface area (Å²) in [7, 11) is 0. The predicted octanol–water partition coefficient (Wildman–Crippen LogP) is 14.0. The van der Waals surface area contributed by atoms with Gasteiger partial charge in [-0.25, -0.2) is 0 Å². The smallest absolute Gasteiger partial charge is 0.130 e. The number of anilines is 2. The fourth-order valence-electron chi connectivity index (χ4n) is 9.34. The van der Waals surface area contributed by atoms with Gasteiger partial charge in [-0.3, -0.25) is 0 Å². The van der Waals surface area contributed by atoms with Gasteiger partial charge in [-0.15, -0.1) is 0 Å². The summed E-state index contributed by atoms with van der Waals surface area (Å²) in [5.74, 6) is 1.10. The van der Waals surface area contributed by atoms with E-state index in [0.29, 0.717) is 0 Å². The van der Waals surface area contributed by atoms with Crippen molar-refractivity contribution in [3.8, 4) is 39.1 Å². The minimum atomic E-state index is -0.116. The van der Waals surface area contributed by atoms with Crippen LogP contribution in [-0.4, -0.2) is 10.5 Å². The van der Waals surface area contributed by atoms with Gasteiger partial charge in [0.05, 0.1) is 16.6 Å². The Hall–Kier alpha value is -7.36. The summed E-state index contributed by atoms with van der Waals surface area (Å²) < 4.78 is 9.32. The van der Waals surface area contributed by atoms with Gasteiger partial charge >= 0.3 is 0 Å². The van der Waals surface area contributed by atoms with Crippen LogP contribution in [0.25, 0.3) is 71.5 Å². The van der Waals surface area contributed by atoms with Crippen LogP contribution in [0.3, 0.4) is 0 Å². The molecule has 0 saturated heterocycles. The number of rotatable bonds is 6. The van der Waals surface area contributed by atoms with Gasteiger partial charge in [0.15, 0.2) is 0 Å². The van der Waals surface area contributed by atoms with Crippen molar-refractivity contribution in [2.24, 2.45) is 0 Å². The van der Waals surface area contributed by atoms with Crippen LogP contribution in [0.2, 0.25) is 0 Å². The van der Waals surface area contributed by atoms with E-state index in [4.69, 9.17) is 4.74 Å². The number of benzene rings is 8. The van der Waals surface area contributed by atoms with Gasteiger partial charge < -0.3 is 14.0 Å². The molecule has 0 N–H and O–H groups in total. The lowest BCUT2D eigenvalue weighted by Gasteiger charge is -2.30. The van der Waals surface area contributed by atoms with Gasteiger partial charge in [0.1, 0.15) is 11.9 Å². The zero-order valence-electron chi connectivity index (χ0n) is 31.1. The van der Waals surface area contributed by atoms with E-state index < -0.39 is 0 Å². The number of fused-ring (bicyclic) bond motifs is 9. The van der Waals surface area contributed by atoms with Crippen LogP contribution >= 0.6 is 0 Å². The van der Waals surface area contributed by atoms with Crippen molar-refractivity contribution >= 4 is 49.5 Å². The maximum absolute atomic E-state index is 6.89. The van der Waals surface area contributed by atoms with Crippen molar-refractivity contribution in [2.45, 2.75) is 12.0 Å². The molecule has 1 aliphatic heterocycles. The zero-order chi connectivity index (χ0) is 37.5. The lowest BCUT2D eigenvalue weighted by molar-refractivity contribution is 0.268. The topological polar surface area (TPSA) is 16.9 Å². The number of hydrogen-bond donors (Lipinski definition) is 0. The third-order valence-corrected chi connectivity index (χ3v) is 12.1. The van der Waals surface area contributed by atoms with Gasteiger partial charge in [-0.05, 0) is 100 Å². The molecule has 0 radical (unpaired) electrons. The molecule has 0 saturated carbocycles. The molecule has 2 unspecified atom stereocenters. The molecule has 0 spiro atoms. The largest absolute Gasteiger partial charge is 0.485 e. The Kier molecular flexibility index (Phi) is 7.05. The third kappa shape index (κ3) is 5.06. The van der Waals surface area contributed by atoms with E-state index >= 15 is 0 Å². The second-order valence-electron chi connectivity index (χ2n) is 15.3. The number of para-hydroxylation sites is 2. The second-order valence-corrected chi connectivity index (χ2v) is 15.3. The number of allylic oxidation sites excluding steroid dienone is 1. The molecule has 3 nitrogen and oxygen atoms in total. The fraction of sp³-hybridized carbons (Fsp3) is 0.0370. The summed E-state index contributed by atoms with van der Waals surface area (Å²) in [4.78, 5) is 2.35. The zero-order valence-corrected chi connectivity index (χ0v) is 31.1. The highest BCUT2D eigenvalue weighted by Gasteiger charge is 2.35. The normalized spacial score (nSPS) is 15.9. The van der Waals surface area contributed by atoms with Crippen molar-refractivity contribution in [1.29, 1.82) is 0 Å². The summed E-state index contributed by atoms with van der Waals surface area (Å²) in [6.45, 7) is 0. The van der Waals surface area contributed by atoms with Crippen molar-refractivity contribution in [3.63, 3.8) is 0 Å². The number of aromatic nitrogens is 1. The fourth-order valence-corrected chi connectivity index (χ4v) is 9.34. The molecule has 0 amide bonds. The Bertz CT molecular complexity index is 3030. The van der Waals surface area contributed by atoms with E-state index in [1.807, 2.05) is 0 Å². The average molecular weight is 729 g/mol. The van der Waals surface area contributed by atoms with Crippen LogP contribution in [0.15, 0.2) is 212 Å². The molecule has 3 heteroatoms. The summed E-state index contributed by atoms with van der Waals surface area (Å²) >= 11 is 0. The van der Waals surface area contributed by atoms with E-state index in [1.54, 1.807) is 0 Å². The lowest BCUT2D eigenvalue weighted by atomic mass is 9.89. The van der Waals surface area contributed by atoms with Crippen molar-refractivity contribution in [3.05, 3.63) is 218 Å². The average Bonchev–Trinajstić information content (AvgIpc) is 3.94. The number of ether oxygens (including phenoxy) is 1. The molecule has 57 heavy (non-hydrogen) atoms. The molecule has 8 aromatic carbocycles. The molecule has 268 valence electrons. The first-order valence-corrected chi connectivity index (χ1v) is 19.7. The lowest BCUT2D eigenvalue weighted by Crippen LogP contribution is -2.24. The first-order chi connectivity index (χ1) is 28.2. The Morgan fingerprint density at radius 1 is 0.439 bits per heavy atom. The van der Waals surface area contributed by atoms with Gasteiger partial charge in [-0.2, -0.15) is 0 Å². The molecule has 3 heterocycles. The number of nitrogens with zero attached hydrogens (tertiary/aromatic N) is 2. The molecule has 2 aliphatic rings. The van der Waals surface area contributed by atoms with Crippen LogP contribution < -0.4 is 9.64 Å². The van der Waals surface area contributed by atoms with Crippen molar-refractivity contribution in [2.75, 3.05) is 4.90 Å². The summed E-state index contributed by atoms with van der Waals surface area (Å²) in [5.41, 5.74) is 15.5. The summed E-state index contributed by atoms with van der Waals surface area (Å²) in [6.07, 6.45) is 6.79. The van der Waals surface area contributed by atoms with E-state index in [2.05, 4.69) is 216 Å². The SMILES string of the molecule is C1=CC2c3ccc(-c4cc5c6ccccc6n6c7ccccc7c(c4)c56)cc3OC2C=C1N(c1ccc(-c2ccccc2)cc1)c1ccc(-c2ccccc2)cc1. The monoisotopic (exact) mass is 728 g/mol. The third-order valence-electron chi connectivity index (χ3n) is 12.1.